The second-order valence-corrected chi connectivity index (χ2v) is 7.53. The SMILES string of the molecule is CCn1cc(CC(CO)(CNC(=O)OC(C)(C)C)C2CC2)cn1. The summed E-state index contributed by atoms with van der Waals surface area (Å²) in [6.07, 6.45) is 6.34. The first-order valence-corrected chi connectivity index (χ1v) is 8.37. The van der Waals surface area contributed by atoms with Crippen molar-refractivity contribution in [2.45, 2.75) is 59.1 Å². The highest BCUT2D eigenvalue weighted by Gasteiger charge is 2.45. The van der Waals surface area contributed by atoms with Gasteiger partial charge in [0.15, 0.2) is 0 Å². The fourth-order valence-electron chi connectivity index (χ4n) is 2.93. The van der Waals surface area contributed by atoms with Crippen LogP contribution in [-0.4, -0.2) is 39.7 Å². The minimum atomic E-state index is -0.520. The van der Waals surface area contributed by atoms with E-state index in [0.29, 0.717) is 18.9 Å². The second kappa shape index (κ2) is 6.91. The molecule has 1 amide bonds. The summed E-state index contributed by atoms with van der Waals surface area (Å²) in [5.41, 5.74) is 0.241. The fourth-order valence-corrected chi connectivity index (χ4v) is 2.93. The molecule has 1 saturated carbocycles. The lowest BCUT2D eigenvalue weighted by atomic mass is 9.78. The molecule has 1 heterocycles. The van der Waals surface area contributed by atoms with Gasteiger partial charge in [-0.15, -0.1) is 0 Å². The third-order valence-corrected chi connectivity index (χ3v) is 4.31. The van der Waals surface area contributed by atoms with Crippen LogP contribution in [0, 0.1) is 11.3 Å². The van der Waals surface area contributed by atoms with Crippen LogP contribution in [0.5, 0.6) is 0 Å². The summed E-state index contributed by atoms with van der Waals surface area (Å²) in [6, 6.07) is 0. The normalized spacial score (nSPS) is 17.6. The summed E-state index contributed by atoms with van der Waals surface area (Å²) >= 11 is 0. The van der Waals surface area contributed by atoms with Gasteiger partial charge in [0.2, 0.25) is 0 Å². The number of aliphatic hydroxyl groups excluding tert-OH is 1. The minimum Gasteiger partial charge on any atom is -0.444 e. The Kier molecular flexibility index (Phi) is 5.34. The molecule has 2 N–H and O–H groups in total. The number of alkyl carbamates (subject to hydrolysis) is 1. The van der Waals surface area contributed by atoms with Gasteiger partial charge in [-0.25, -0.2) is 4.79 Å². The average Bonchev–Trinajstić information content (AvgIpc) is 3.22. The Morgan fingerprint density at radius 2 is 2.17 bits per heavy atom. The first-order valence-electron chi connectivity index (χ1n) is 8.37. The number of hydrogen-bond donors (Lipinski definition) is 2. The lowest BCUT2D eigenvalue weighted by Gasteiger charge is -2.32. The van der Waals surface area contributed by atoms with Gasteiger partial charge in [0.25, 0.3) is 0 Å². The number of hydrogen-bond acceptors (Lipinski definition) is 4. The average molecular weight is 323 g/mol. The van der Waals surface area contributed by atoms with Gasteiger partial charge in [0.05, 0.1) is 12.8 Å². The van der Waals surface area contributed by atoms with Crippen LogP contribution in [0.3, 0.4) is 0 Å². The number of aliphatic hydroxyl groups is 1. The molecule has 23 heavy (non-hydrogen) atoms. The van der Waals surface area contributed by atoms with Crippen molar-refractivity contribution in [2.75, 3.05) is 13.2 Å². The maximum atomic E-state index is 11.9. The molecule has 1 atom stereocenters. The quantitative estimate of drug-likeness (QED) is 0.807. The molecule has 0 aliphatic heterocycles. The van der Waals surface area contributed by atoms with E-state index in [4.69, 9.17) is 4.74 Å². The number of carbonyl (C=O) groups excluding carboxylic acids is 1. The van der Waals surface area contributed by atoms with E-state index in [2.05, 4.69) is 10.4 Å². The molecule has 1 unspecified atom stereocenters. The third-order valence-electron chi connectivity index (χ3n) is 4.31. The number of carbonyl (C=O) groups is 1. The molecule has 130 valence electrons. The Hall–Kier alpha value is -1.56. The summed E-state index contributed by atoms with van der Waals surface area (Å²) in [6.45, 7) is 8.85. The van der Waals surface area contributed by atoms with Gasteiger partial charge >= 0.3 is 6.09 Å². The highest BCUT2D eigenvalue weighted by atomic mass is 16.6. The van der Waals surface area contributed by atoms with E-state index < -0.39 is 11.7 Å². The number of nitrogens with zero attached hydrogens (tertiary/aromatic N) is 2. The molecule has 2 rings (SSSR count). The highest BCUT2D eigenvalue weighted by molar-refractivity contribution is 5.67. The van der Waals surface area contributed by atoms with E-state index >= 15 is 0 Å². The molecule has 0 aromatic carbocycles. The molecule has 0 saturated heterocycles. The van der Waals surface area contributed by atoms with Crippen LogP contribution in [0.2, 0.25) is 0 Å². The van der Waals surface area contributed by atoms with Crippen LogP contribution in [0.4, 0.5) is 4.79 Å². The lowest BCUT2D eigenvalue weighted by Crippen LogP contribution is -2.44. The zero-order valence-corrected chi connectivity index (χ0v) is 14.6. The van der Waals surface area contributed by atoms with Crippen LogP contribution < -0.4 is 5.32 Å². The van der Waals surface area contributed by atoms with Gasteiger partial charge in [0, 0.05) is 24.7 Å². The van der Waals surface area contributed by atoms with E-state index in [-0.39, 0.29) is 12.0 Å². The maximum Gasteiger partial charge on any atom is 0.407 e. The highest BCUT2D eigenvalue weighted by Crippen LogP contribution is 2.47. The minimum absolute atomic E-state index is 0.0464. The predicted octanol–water partition coefficient (Wildman–Crippen LogP) is 2.36. The number of ether oxygens (including phenoxy) is 1. The van der Waals surface area contributed by atoms with Gasteiger partial charge in [-0.1, -0.05) is 0 Å². The number of nitrogens with one attached hydrogen (secondary N) is 1. The summed E-state index contributed by atoms with van der Waals surface area (Å²) < 4.78 is 7.18. The number of aromatic nitrogens is 2. The van der Waals surface area contributed by atoms with Gasteiger partial charge in [0.1, 0.15) is 5.60 Å². The Morgan fingerprint density at radius 1 is 1.48 bits per heavy atom. The second-order valence-electron chi connectivity index (χ2n) is 7.53. The van der Waals surface area contributed by atoms with Crippen LogP contribution >= 0.6 is 0 Å². The number of rotatable bonds is 7. The van der Waals surface area contributed by atoms with Crippen LogP contribution in [0.15, 0.2) is 12.4 Å². The summed E-state index contributed by atoms with van der Waals surface area (Å²) in [7, 11) is 0. The van der Waals surface area contributed by atoms with Crippen molar-refractivity contribution >= 4 is 6.09 Å². The number of aryl methyl sites for hydroxylation is 1. The predicted molar refractivity (Wildman–Crippen MR) is 88.1 cm³/mol. The van der Waals surface area contributed by atoms with Crippen molar-refractivity contribution in [1.29, 1.82) is 0 Å². The monoisotopic (exact) mass is 323 g/mol. The van der Waals surface area contributed by atoms with Gasteiger partial charge < -0.3 is 15.2 Å². The van der Waals surface area contributed by atoms with E-state index in [9.17, 15) is 9.90 Å². The van der Waals surface area contributed by atoms with Crippen molar-refractivity contribution in [3.63, 3.8) is 0 Å². The Labute approximate surface area is 138 Å². The topological polar surface area (TPSA) is 76.4 Å². The molecule has 1 aliphatic rings. The van der Waals surface area contributed by atoms with Gasteiger partial charge in [-0.2, -0.15) is 5.10 Å². The first kappa shape index (κ1) is 17.8. The van der Waals surface area contributed by atoms with E-state index in [0.717, 1.165) is 24.9 Å². The van der Waals surface area contributed by atoms with Crippen LogP contribution in [-0.2, 0) is 17.7 Å². The molecule has 6 heteroatoms. The van der Waals surface area contributed by atoms with Gasteiger partial charge in [-0.3, -0.25) is 4.68 Å². The molecule has 0 spiro atoms. The van der Waals surface area contributed by atoms with E-state index in [1.54, 1.807) is 0 Å². The molecular weight excluding hydrogens is 294 g/mol. The molecule has 1 aromatic rings. The molecule has 1 aliphatic carbocycles. The first-order chi connectivity index (χ1) is 10.8. The summed E-state index contributed by atoms with van der Waals surface area (Å²) in [5, 5.41) is 17.2. The van der Waals surface area contributed by atoms with Crippen LogP contribution in [0.25, 0.3) is 0 Å². The van der Waals surface area contributed by atoms with E-state index in [1.807, 2.05) is 44.8 Å². The maximum absolute atomic E-state index is 11.9. The smallest absolute Gasteiger partial charge is 0.407 e. The van der Waals surface area contributed by atoms with Crippen molar-refractivity contribution in [3.05, 3.63) is 18.0 Å². The molecule has 0 bridgehead atoms. The molecule has 1 aromatic heterocycles. The standard InChI is InChI=1S/C17H29N3O3/c1-5-20-10-13(9-19-20)8-17(12-21,14-6-7-14)11-18-15(22)23-16(2,3)4/h9-10,14,21H,5-8,11-12H2,1-4H3,(H,18,22). The molecule has 6 nitrogen and oxygen atoms in total. The van der Waals surface area contributed by atoms with Crippen molar-refractivity contribution in [2.24, 2.45) is 11.3 Å². The van der Waals surface area contributed by atoms with Crippen molar-refractivity contribution in [3.8, 4) is 0 Å². The Morgan fingerprint density at radius 3 is 2.65 bits per heavy atom. The number of amides is 1. The van der Waals surface area contributed by atoms with Crippen LogP contribution in [0.1, 0.15) is 46.1 Å². The zero-order valence-electron chi connectivity index (χ0n) is 14.6. The fraction of sp³-hybridized carbons (Fsp3) is 0.765. The summed E-state index contributed by atoms with van der Waals surface area (Å²) in [4.78, 5) is 11.9. The Bertz CT molecular complexity index is 531. The largest absolute Gasteiger partial charge is 0.444 e. The van der Waals surface area contributed by atoms with Gasteiger partial charge in [-0.05, 0) is 58.4 Å². The summed E-state index contributed by atoms with van der Waals surface area (Å²) in [5.74, 6) is 0.437. The van der Waals surface area contributed by atoms with Crippen molar-refractivity contribution in [1.82, 2.24) is 15.1 Å². The lowest BCUT2D eigenvalue weighted by molar-refractivity contribution is 0.0439. The van der Waals surface area contributed by atoms with E-state index in [1.165, 1.54) is 0 Å². The third kappa shape index (κ3) is 4.96. The Balaban J connectivity index is 2.02. The molecular formula is C17H29N3O3. The molecule has 1 fully saturated rings. The van der Waals surface area contributed by atoms with Crippen molar-refractivity contribution < 1.29 is 14.6 Å². The zero-order chi connectivity index (χ0) is 17.1. The molecule has 0 radical (unpaired) electrons.